The van der Waals surface area contributed by atoms with Crippen molar-refractivity contribution >= 4 is 17.7 Å². The van der Waals surface area contributed by atoms with Crippen molar-refractivity contribution in [3.05, 3.63) is 51.2 Å². The van der Waals surface area contributed by atoms with Crippen LogP contribution in [-0.4, -0.2) is 36.1 Å². The van der Waals surface area contributed by atoms with E-state index in [0.717, 1.165) is 25.7 Å². The van der Waals surface area contributed by atoms with Gasteiger partial charge in [0.2, 0.25) is 0 Å². The van der Waals surface area contributed by atoms with E-state index in [2.05, 4.69) is 16.0 Å². The van der Waals surface area contributed by atoms with Crippen molar-refractivity contribution in [1.29, 1.82) is 0 Å². The lowest BCUT2D eigenvalue weighted by Crippen LogP contribution is -2.49. The van der Waals surface area contributed by atoms with E-state index in [0.29, 0.717) is 23.8 Å². The molecule has 0 spiro atoms. The predicted octanol–water partition coefficient (Wildman–Crippen LogP) is 2.69. The molecule has 0 aromatic heterocycles. The minimum Gasteiger partial charge on any atom is -0.463 e. The van der Waals surface area contributed by atoms with Crippen LogP contribution < -0.4 is 16.0 Å². The second-order valence-electron chi connectivity index (χ2n) is 7.21. The standard InChI is InChI=1S/C20H26N4O5/c1-2-29-19(25)17-16(12-21-14-8-4-3-5-9-14)22-20(26)23-18(17)13-7-6-10-15(11-13)24(27)28/h6-7,10-11,14,18,21H,2-5,8-9,12H2,1H3,(H2,22,23,26). The number of non-ortho nitro benzene ring substituents is 1. The molecule has 0 saturated heterocycles. The van der Waals surface area contributed by atoms with Crippen molar-refractivity contribution in [3.8, 4) is 0 Å². The van der Waals surface area contributed by atoms with Gasteiger partial charge in [0.25, 0.3) is 5.69 Å². The maximum Gasteiger partial charge on any atom is 0.338 e. The maximum absolute atomic E-state index is 12.7. The van der Waals surface area contributed by atoms with Gasteiger partial charge in [-0.3, -0.25) is 10.1 Å². The van der Waals surface area contributed by atoms with Crippen LogP contribution in [0.3, 0.4) is 0 Å². The van der Waals surface area contributed by atoms with Crippen LogP contribution >= 0.6 is 0 Å². The number of ether oxygens (including phenoxy) is 1. The van der Waals surface area contributed by atoms with Crippen LogP contribution in [0.2, 0.25) is 0 Å². The van der Waals surface area contributed by atoms with Gasteiger partial charge in [0.15, 0.2) is 0 Å². The highest BCUT2D eigenvalue weighted by Crippen LogP contribution is 2.30. The summed E-state index contributed by atoms with van der Waals surface area (Å²) >= 11 is 0. The molecule has 1 atom stereocenters. The first-order chi connectivity index (χ1) is 14.0. The van der Waals surface area contributed by atoms with Gasteiger partial charge in [-0.05, 0) is 25.3 Å². The normalized spacial score (nSPS) is 20.0. The zero-order valence-electron chi connectivity index (χ0n) is 16.4. The summed E-state index contributed by atoms with van der Waals surface area (Å²) in [5.41, 5.74) is 1.04. The van der Waals surface area contributed by atoms with Crippen molar-refractivity contribution < 1.29 is 19.2 Å². The Morgan fingerprint density at radius 3 is 2.76 bits per heavy atom. The van der Waals surface area contributed by atoms with Gasteiger partial charge < -0.3 is 20.7 Å². The summed E-state index contributed by atoms with van der Waals surface area (Å²) in [5, 5.41) is 20.0. The Labute approximate surface area is 169 Å². The molecule has 9 nitrogen and oxygen atoms in total. The van der Waals surface area contributed by atoms with Crippen LogP contribution in [0.25, 0.3) is 0 Å². The summed E-state index contributed by atoms with van der Waals surface area (Å²) in [5.74, 6) is -0.558. The molecule has 3 rings (SSSR count). The molecule has 1 aromatic rings. The molecule has 1 aliphatic heterocycles. The first kappa shape index (κ1) is 20.8. The monoisotopic (exact) mass is 402 g/mol. The number of esters is 1. The van der Waals surface area contributed by atoms with Crippen LogP contribution in [0.4, 0.5) is 10.5 Å². The third-order valence-electron chi connectivity index (χ3n) is 5.24. The minimum atomic E-state index is -0.828. The second kappa shape index (κ2) is 9.51. The first-order valence-corrected chi connectivity index (χ1v) is 9.95. The number of hydrogen-bond acceptors (Lipinski definition) is 6. The van der Waals surface area contributed by atoms with Gasteiger partial charge in [-0.1, -0.05) is 31.4 Å². The molecule has 1 aliphatic carbocycles. The first-order valence-electron chi connectivity index (χ1n) is 9.95. The number of benzene rings is 1. The molecule has 1 unspecified atom stereocenters. The third-order valence-corrected chi connectivity index (χ3v) is 5.24. The van der Waals surface area contributed by atoms with Gasteiger partial charge in [0, 0.05) is 30.4 Å². The molecule has 1 aromatic carbocycles. The zero-order chi connectivity index (χ0) is 20.8. The molecule has 3 N–H and O–H groups in total. The number of nitrogens with zero attached hydrogens (tertiary/aromatic N) is 1. The molecule has 9 heteroatoms. The van der Waals surface area contributed by atoms with Crippen LogP contribution in [0.5, 0.6) is 0 Å². The van der Waals surface area contributed by atoms with E-state index in [1.54, 1.807) is 13.0 Å². The largest absolute Gasteiger partial charge is 0.463 e. The summed E-state index contributed by atoms with van der Waals surface area (Å²) < 4.78 is 5.22. The summed E-state index contributed by atoms with van der Waals surface area (Å²) in [4.78, 5) is 35.7. The Balaban J connectivity index is 1.93. The number of nitro benzene ring substituents is 1. The van der Waals surface area contributed by atoms with Crippen LogP contribution in [0.1, 0.15) is 50.6 Å². The Morgan fingerprint density at radius 1 is 1.31 bits per heavy atom. The fourth-order valence-corrected chi connectivity index (χ4v) is 3.83. The van der Waals surface area contributed by atoms with E-state index in [9.17, 15) is 19.7 Å². The molecule has 1 saturated carbocycles. The molecule has 1 fully saturated rings. The van der Waals surface area contributed by atoms with Gasteiger partial charge >= 0.3 is 12.0 Å². The van der Waals surface area contributed by atoms with Gasteiger partial charge in [-0.15, -0.1) is 0 Å². The molecule has 1 heterocycles. The lowest BCUT2D eigenvalue weighted by molar-refractivity contribution is -0.384. The van der Waals surface area contributed by atoms with E-state index < -0.39 is 23.0 Å². The van der Waals surface area contributed by atoms with Crippen molar-refractivity contribution in [1.82, 2.24) is 16.0 Å². The molecular weight excluding hydrogens is 376 g/mol. The van der Waals surface area contributed by atoms with E-state index in [-0.39, 0.29) is 17.9 Å². The van der Waals surface area contributed by atoms with Crippen molar-refractivity contribution in [2.75, 3.05) is 13.2 Å². The number of carbonyl (C=O) groups excluding carboxylic acids is 2. The van der Waals surface area contributed by atoms with Gasteiger partial charge in [0.1, 0.15) is 0 Å². The number of amides is 2. The van der Waals surface area contributed by atoms with Crippen LogP contribution in [0, 0.1) is 10.1 Å². The highest BCUT2D eigenvalue weighted by Gasteiger charge is 2.34. The van der Waals surface area contributed by atoms with E-state index in [1.807, 2.05) is 0 Å². The van der Waals surface area contributed by atoms with Gasteiger partial charge in [-0.25, -0.2) is 9.59 Å². The highest BCUT2D eigenvalue weighted by molar-refractivity contribution is 5.95. The van der Waals surface area contributed by atoms with Crippen molar-refractivity contribution in [2.24, 2.45) is 0 Å². The van der Waals surface area contributed by atoms with E-state index >= 15 is 0 Å². The molecular formula is C20H26N4O5. The van der Waals surface area contributed by atoms with Gasteiger partial charge in [-0.2, -0.15) is 0 Å². The molecule has 29 heavy (non-hydrogen) atoms. The SMILES string of the molecule is CCOC(=O)C1=C(CNC2CCCCC2)NC(=O)NC1c1cccc([N+](=O)[O-])c1. The van der Waals surface area contributed by atoms with Crippen LogP contribution in [0.15, 0.2) is 35.5 Å². The Kier molecular flexibility index (Phi) is 6.82. The predicted molar refractivity (Wildman–Crippen MR) is 106 cm³/mol. The van der Waals surface area contributed by atoms with Gasteiger partial charge in [0.05, 0.1) is 23.1 Å². The molecule has 2 aliphatic rings. The average molecular weight is 402 g/mol. The molecule has 2 amide bonds. The smallest absolute Gasteiger partial charge is 0.338 e. The number of nitro groups is 1. The number of rotatable bonds is 7. The lowest BCUT2D eigenvalue weighted by Gasteiger charge is -2.31. The van der Waals surface area contributed by atoms with Crippen molar-refractivity contribution in [2.45, 2.75) is 51.1 Å². The quantitative estimate of drug-likeness (QED) is 0.366. The van der Waals surface area contributed by atoms with Crippen LogP contribution in [-0.2, 0) is 9.53 Å². The Morgan fingerprint density at radius 2 is 2.07 bits per heavy atom. The number of carbonyl (C=O) groups is 2. The average Bonchev–Trinajstić information content (AvgIpc) is 2.72. The Bertz CT molecular complexity index is 817. The lowest BCUT2D eigenvalue weighted by atomic mass is 9.93. The summed E-state index contributed by atoms with van der Waals surface area (Å²) in [6.07, 6.45) is 5.66. The molecule has 0 bridgehead atoms. The zero-order valence-corrected chi connectivity index (χ0v) is 16.4. The third kappa shape index (κ3) is 5.11. The summed E-state index contributed by atoms with van der Waals surface area (Å²) in [7, 11) is 0. The highest BCUT2D eigenvalue weighted by atomic mass is 16.6. The van der Waals surface area contributed by atoms with E-state index in [1.165, 1.54) is 24.6 Å². The Hall–Kier alpha value is -2.94. The van der Waals surface area contributed by atoms with E-state index in [4.69, 9.17) is 4.74 Å². The number of hydrogen-bond donors (Lipinski definition) is 3. The topological polar surface area (TPSA) is 123 Å². The van der Waals surface area contributed by atoms with Crippen molar-refractivity contribution in [3.63, 3.8) is 0 Å². The minimum absolute atomic E-state index is 0.111. The summed E-state index contributed by atoms with van der Waals surface area (Å²) in [6.45, 7) is 2.20. The fraction of sp³-hybridized carbons (Fsp3) is 0.500. The fourth-order valence-electron chi connectivity index (χ4n) is 3.83. The number of urea groups is 1. The molecule has 156 valence electrons. The number of nitrogens with one attached hydrogen (secondary N) is 3. The maximum atomic E-state index is 12.7. The second-order valence-corrected chi connectivity index (χ2v) is 7.21. The summed E-state index contributed by atoms with van der Waals surface area (Å²) in [6, 6.07) is 4.95. The molecule has 0 radical (unpaired) electrons.